The third kappa shape index (κ3) is 4.61. The number of aryl methyl sites for hydroxylation is 1. The van der Waals surface area contributed by atoms with Crippen molar-refractivity contribution in [2.45, 2.75) is 32.9 Å². The molecule has 1 unspecified atom stereocenters. The maximum Gasteiger partial charge on any atom is 0.295 e. The van der Waals surface area contributed by atoms with Crippen LogP contribution in [0.1, 0.15) is 36.6 Å². The molecule has 164 valence electrons. The standard InChI is InChI=1S/C24H26FNO5/c1-14(2)31-11-10-26-21(16-7-5-6-15(3)12-16)20(23(28)24(26)29)22(27)18-13-17(25)8-9-19(18)30-4/h5-9,12-14,21,27H,10-11H2,1-4H3/b22-20+. The molecule has 6 nitrogen and oxygen atoms in total. The number of rotatable bonds is 7. The number of hydrogen-bond acceptors (Lipinski definition) is 5. The number of aliphatic hydroxyl groups excluding tert-OH is 1. The summed E-state index contributed by atoms with van der Waals surface area (Å²) in [7, 11) is 1.38. The fraction of sp³-hybridized carbons (Fsp3) is 0.333. The van der Waals surface area contributed by atoms with Gasteiger partial charge in [-0.2, -0.15) is 0 Å². The number of benzene rings is 2. The van der Waals surface area contributed by atoms with Crippen molar-refractivity contribution in [3.8, 4) is 5.75 Å². The van der Waals surface area contributed by atoms with Gasteiger partial charge in [0.1, 0.15) is 17.3 Å². The first kappa shape index (κ1) is 22.5. The number of carbonyl (C=O) groups excluding carboxylic acids is 2. The van der Waals surface area contributed by atoms with E-state index >= 15 is 0 Å². The van der Waals surface area contributed by atoms with Crippen molar-refractivity contribution >= 4 is 17.4 Å². The number of halogens is 1. The molecular formula is C24H26FNO5. The van der Waals surface area contributed by atoms with Gasteiger partial charge in [0, 0.05) is 6.54 Å². The monoisotopic (exact) mass is 427 g/mol. The Balaban J connectivity index is 2.16. The fourth-order valence-corrected chi connectivity index (χ4v) is 3.69. The number of methoxy groups -OCH3 is 1. The first-order valence-corrected chi connectivity index (χ1v) is 10.0. The van der Waals surface area contributed by atoms with Crippen molar-refractivity contribution in [3.05, 3.63) is 70.5 Å². The number of carbonyl (C=O) groups is 2. The molecule has 1 saturated heterocycles. The van der Waals surface area contributed by atoms with E-state index in [-0.39, 0.29) is 36.1 Å². The summed E-state index contributed by atoms with van der Waals surface area (Å²) in [6.45, 7) is 6.05. The molecular weight excluding hydrogens is 401 g/mol. The molecule has 0 aliphatic carbocycles. The quantitative estimate of drug-likeness (QED) is 0.411. The maximum absolute atomic E-state index is 13.9. The van der Waals surface area contributed by atoms with Gasteiger partial charge in [-0.05, 0) is 44.5 Å². The first-order chi connectivity index (χ1) is 14.7. The van der Waals surface area contributed by atoms with Crippen molar-refractivity contribution in [1.29, 1.82) is 0 Å². The third-order valence-corrected chi connectivity index (χ3v) is 5.10. The zero-order valence-electron chi connectivity index (χ0n) is 18.0. The van der Waals surface area contributed by atoms with Crippen LogP contribution in [-0.4, -0.2) is 48.1 Å². The van der Waals surface area contributed by atoms with Gasteiger partial charge in [0.15, 0.2) is 0 Å². The Morgan fingerprint density at radius 1 is 1.19 bits per heavy atom. The van der Waals surface area contributed by atoms with Crippen molar-refractivity contribution in [1.82, 2.24) is 4.90 Å². The summed E-state index contributed by atoms with van der Waals surface area (Å²) in [6, 6.07) is 10.2. The summed E-state index contributed by atoms with van der Waals surface area (Å²) in [5.41, 5.74) is 1.51. The molecule has 7 heteroatoms. The van der Waals surface area contributed by atoms with E-state index in [9.17, 15) is 19.1 Å². The molecule has 1 heterocycles. The third-order valence-electron chi connectivity index (χ3n) is 5.10. The minimum absolute atomic E-state index is 0.0107. The maximum atomic E-state index is 13.9. The summed E-state index contributed by atoms with van der Waals surface area (Å²) in [5, 5.41) is 11.1. The van der Waals surface area contributed by atoms with Crippen LogP contribution in [-0.2, 0) is 14.3 Å². The lowest BCUT2D eigenvalue weighted by Gasteiger charge is -2.26. The first-order valence-electron chi connectivity index (χ1n) is 10.0. The highest BCUT2D eigenvalue weighted by molar-refractivity contribution is 6.46. The zero-order valence-corrected chi connectivity index (χ0v) is 18.0. The van der Waals surface area contributed by atoms with Gasteiger partial charge in [-0.15, -0.1) is 0 Å². The van der Waals surface area contributed by atoms with Crippen LogP contribution in [0.5, 0.6) is 5.75 Å². The van der Waals surface area contributed by atoms with Crippen LogP contribution >= 0.6 is 0 Å². The molecule has 1 N–H and O–H groups in total. The summed E-state index contributed by atoms with van der Waals surface area (Å²) < 4.78 is 24.7. The molecule has 0 bridgehead atoms. The second-order valence-corrected chi connectivity index (χ2v) is 7.67. The Hall–Kier alpha value is -3.19. The average Bonchev–Trinajstić information content (AvgIpc) is 2.98. The topological polar surface area (TPSA) is 76.1 Å². The molecule has 0 radical (unpaired) electrons. The highest BCUT2D eigenvalue weighted by atomic mass is 19.1. The molecule has 1 fully saturated rings. The smallest absolute Gasteiger partial charge is 0.295 e. The van der Waals surface area contributed by atoms with Crippen molar-refractivity contribution < 1.29 is 28.6 Å². The Morgan fingerprint density at radius 3 is 2.58 bits per heavy atom. The van der Waals surface area contributed by atoms with Crippen LogP contribution in [0.3, 0.4) is 0 Å². The molecule has 1 aliphatic heterocycles. The van der Waals surface area contributed by atoms with Gasteiger partial charge in [-0.1, -0.05) is 29.8 Å². The predicted molar refractivity (Wildman–Crippen MR) is 114 cm³/mol. The van der Waals surface area contributed by atoms with Crippen molar-refractivity contribution in [3.63, 3.8) is 0 Å². The SMILES string of the molecule is COc1ccc(F)cc1/C(O)=C1\C(=O)C(=O)N(CCOC(C)C)C1c1cccc(C)c1. The van der Waals surface area contributed by atoms with E-state index in [4.69, 9.17) is 9.47 Å². The normalized spacial score (nSPS) is 18.1. The number of ketones is 1. The van der Waals surface area contributed by atoms with Gasteiger partial charge >= 0.3 is 0 Å². The number of amides is 1. The van der Waals surface area contributed by atoms with Crippen LogP contribution < -0.4 is 4.74 Å². The second-order valence-electron chi connectivity index (χ2n) is 7.67. The van der Waals surface area contributed by atoms with Crippen LogP contribution in [0.15, 0.2) is 48.0 Å². The molecule has 1 atom stereocenters. The van der Waals surface area contributed by atoms with Crippen LogP contribution in [0.4, 0.5) is 4.39 Å². The van der Waals surface area contributed by atoms with Crippen LogP contribution in [0.25, 0.3) is 5.76 Å². The molecule has 0 aromatic heterocycles. The van der Waals surface area contributed by atoms with Crippen molar-refractivity contribution in [2.24, 2.45) is 0 Å². The van der Waals surface area contributed by atoms with Gasteiger partial charge < -0.3 is 19.5 Å². The predicted octanol–water partition coefficient (Wildman–Crippen LogP) is 3.99. The lowest BCUT2D eigenvalue weighted by molar-refractivity contribution is -0.140. The van der Waals surface area contributed by atoms with Gasteiger partial charge in [-0.25, -0.2) is 4.39 Å². The van der Waals surface area contributed by atoms with Gasteiger partial charge in [0.2, 0.25) is 0 Å². The Labute approximate surface area is 180 Å². The van der Waals surface area contributed by atoms with Gasteiger partial charge in [0.05, 0.1) is 37.0 Å². The summed E-state index contributed by atoms with van der Waals surface area (Å²) in [4.78, 5) is 27.3. The van der Waals surface area contributed by atoms with E-state index in [1.165, 1.54) is 24.1 Å². The highest BCUT2D eigenvalue weighted by Gasteiger charge is 2.46. The number of likely N-dealkylation sites (tertiary alicyclic amines) is 1. The van der Waals surface area contributed by atoms with E-state index in [0.29, 0.717) is 5.56 Å². The molecule has 0 spiro atoms. The van der Waals surface area contributed by atoms with E-state index in [2.05, 4.69) is 0 Å². The highest BCUT2D eigenvalue weighted by Crippen LogP contribution is 2.41. The largest absolute Gasteiger partial charge is 0.507 e. The van der Waals surface area contributed by atoms with Crippen molar-refractivity contribution in [2.75, 3.05) is 20.3 Å². The number of nitrogens with zero attached hydrogens (tertiary/aromatic N) is 1. The number of aliphatic hydroxyl groups is 1. The fourth-order valence-electron chi connectivity index (χ4n) is 3.69. The van der Waals surface area contributed by atoms with E-state index in [1.807, 2.05) is 39.0 Å². The Kier molecular flexibility index (Phi) is 6.75. The van der Waals surface area contributed by atoms with Gasteiger partial charge in [0.25, 0.3) is 11.7 Å². The number of ether oxygens (including phenoxy) is 2. The van der Waals surface area contributed by atoms with E-state index < -0.39 is 29.3 Å². The van der Waals surface area contributed by atoms with Gasteiger partial charge in [-0.3, -0.25) is 9.59 Å². The average molecular weight is 427 g/mol. The minimum atomic E-state index is -0.833. The summed E-state index contributed by atoms with van der Waals surface area (Å²) in [6.07, 6.45) is -0.0363. The number of hydrogen-bond donors (Lipinski definition) is 1. The molecule has 2 aromatic carbocycles. The lowest BCUT2D eigenvalue weighted by Crippen LogP contribution is -2.33. The Morgan fingerprint density at radius 2 is 1.94 bits per heavy atom. The Bertz CT molecular complexity index is 1030. The molecule has 31 heavy (non-hydrogen) atoms. The number of Topliss-reactive ketones (excluding diaryl/α,β-unsaturated/α-hetero) is 1. The zero-order chi connectivity index (χ0) is 22.7. The summed E-state index contributed by atoms with van der Waals surface area (Å²) >= 11 is 0. The van der Waals surface area contributed by atoms with E-state index in [0.717, 1.165) is 11.6 Å². The van der Waals surface area contributed by atoms with E-state index in [1.54, 1.807) is 6.07 Å². The summed E-state index contributed by atoms with van der Waals surface area (Å²) in [5.74, 6) is -2.46. The molecule has 1 amide bonds. The minimum Gasteiger partial charge on any atom is -0.507 e. The molecule has 0 saturated carbocycles. The molecule has 2 aromatic rings. The van der Waals surface area contributed by atoms with Crippen LogP contribution in [0.2, 0.25) is 0 Å². The molecule has 3 rings (SSSR count). The lowest BCUT2D eigenvalue weighted by atomic mass is 9.94. The molecule has 1 aliphatic rings. The second kappa shape index (κ2) is 9.31. The van der Waals surface area contributed by atoms with Crippen LogP contribution in [0, 0.1) is 12.7 Å².